The van der Waals surface area contributed by atoms with Crippen LogP contribution in [0.1, 0.15) is 15.9 Å². The van der Waals surface area contributed by atoms with Crippen molar-refractivity contribution in [3.05, 3.63) is 76.8 Å². The molecule has 0 saturated carbocycles. The van der Waals surface area contributed by atoms with Crippen molar-refractivity contribution in [2.45, 2.75) is 6.61 Å². The molecule has 2 nitrogen and oxygen atoms in total. The van der Waals surface area contributed by atoms with Crippen LogP contribution < -0.4 is 4.74 Å². The number of fused-ring (bicyclic) bond motifs is 1. The fourth-order valence-electron chi connectivity index (χ4n) is 2.28. The summed E-state index contributed by atoms with van der Waals surface area (Å²) in [7, 11) is 0. The Morgan fingerprint density at radius 3 is 2.62 bits per heavy atom. The molecule has 104 valence electrons. The summed E-state index contributed by atoms with van der Waals surface area (Å²) in [6.45, 7) is 0.432. The standard InChI is InChI=1S/C18H13ClO2/c19-17-10-13(11-20)8-9-18(17)21-12-15-6-3-5-14-4-1-2-7-16(14)15/h1-11H,12H2. The molecule has 0 aliphatic rings. The molecule has 0 N–H and O–H groups in total. The van der Waals surface area contributed by atoms with E-state index in [2.05, 4.69) is 18.2 Å². The van der Waals surface area contributed by atoms with E-state index in [4.69, 9.17) is 16.3 Å². The molecule has 0 saturated heterocycles. The van der Waals surface area contributed by atoms with E-state index in [1.165, 1.54) is 10.8 Å². The number of hydrogen-bond acceptors (Lipinski definition) is 2. The highest BCUT2D eigenvalue weighted by molar-refractivity contribution is 6.32. The maximum Gasteiger partial charge on any atom is 0.150 e. The molecule has 0 amide bonds. The summed E-state index contributed by atoms with van der Waals surface area (Å²) in [6, 6.07) is 19.3. The van der Waals surface area contributed by atoms with Crippen molar-refractivity contribution in [3.8, 4) is 5.75 Å². The van der Waals surface area contributed by atoms with Crippen LogP contribution in [0.2, 0.25) is 5.02 Å². The molecule has 3 rings (SSSR count). The summed E-state index contributed by atoms with van der Waals surface area (Å²) < 4.78 is 5.78. The van der Waals surface area contributed by atoms with Gasteiger partial charge in [-0.25, -0.2) is 0 Å². The lowest BCUT2D eigenvalue weighted by Crippen LogP contribution is -1.97. The molecule has 3 heteroatoms. The second-order valence-corrected chi connectivity index (χ2v) is 5.14. The molecule has 0 heterocycles. The smallest absolute Gasteiger partial charge is 0.150 e. The van der Waals surface area contributed by atoms with E-state index in [1.54, 1.807) is 18.2 Å². The molecule has 0 aliphatic heterocycles. The molecule has 3 aromatic rings. The largest absolute Gasteiger partial charge is 0.487 e. The number of carbonyl (C=O) groups is 1. The second kappa shape index (κ2) is 5.98. The number of halogens is 1. The van der Waals surface area contributed by atoms with Gasteiger partial charge in [-0.2, -0.15) is 0 Å². The molecule has 0 aliphatic carbocycles. The van der Waals surface area contributed by atoms with Crippen LogP contribution in [0.4, 0.5) is 0 Å². The first kappa shape index (κ1) is 13.7. The number of hydrogen-bond donors (Lipinski definition) is 0. The molecule has 0 unspecified atom stereocenters. The average molecular weight is 297 g/mol. The van der Waals surface area contributed by atoms with Gasteiger partial charge in [-0.05, 0) is 34.5 Å². The maximum atomic E-state index is 10.7. The Balaban J connectivity index is 1.85. The van der Waals surface area contributed by atoms with Crippen LogP contribution in [0.5, 0.6) is 5.75 Å². The highest BCUT2D eigenvalue weighted by Gasteiger charge is 2.05. The van der Waals surface area contributed by atoms with Crippen molar-refractivity contribution in [3.63, 3.8) is 0 Å². The zero-order valence-electron chi connectivity index (χ0n) is 11.3. The van der Waals surface area contributed by atoms with Crippen LogP contribution >= 0.6 is 11.6 Å². The van der Waals surface area contributed by atoms with Crippen molar-refractivity contribution in [1.82, 2.24) is 0 Å². The van der Waals surface area contributed by atoms with Crippen molar-refractivity contribution < 1.29 is 9.53 Å². The number of aldehydes is 1. The first-order chi connectivity index (χ1) is 10.3. The lowest BCUT2D eigenvalue weighted by Gasteiger charge is -2.10. The summed E-state index contributed by atoms with van der Waals surface area (Å²) in [5, 5.41) is 2.79. The van der Waals surface area contributed by atoms with E-state index >= 15 is 0 Å². The molecule has 21 heavy (non-hydrogen) atoms. The molecular weight excluding hydrogens is 284 g/mol. The van der Waals surface area contributed by atoms with Crippen molar-refractivity contribution in [2.75, 3.05) is 0 Å². The average Bonchev–Trinajstić information content (AvgIpc) is 2.53. The van der Waals surface area contributed by atoms with Crippen molar-refractivity contribution in [2.24, 2.45) is 0 Å². The van der Waals surface area contributed by atoms with Gasteiger partial charge < -0.3 is 4.74 Å². The summed E-state index contributed by atoms with van der Waals surface area (Å²) in [5.74, 6) is 0.579. The fraction of sp³-hybridized carbons (Fsp3) is 0.0556. The number of benzene rings is 3. The number of rotatable bonds is 4. The van der Waals surface area contributed by atoms with Gasteiger partial charge in [0, 0.05) is 5.56 Å². The van der Waals surface area contributed by atoms with Gasteiger partial charge in [0.05, 0.1) is 5.02 Å². The quantitative estimate of drug-likeness (QED) is 0.641. The van der Waals surface area contributed by atoms with E-state index in [0.717, 1.165) is 11.8 Å². The molecular formula is C18H13ClO2. The van der Waals surface area contributed by atoms with Crippen LogP contribution in [0, 0.1) is 0 Å². The molecule has 0 atom stereocenters. The molecule has 0 spiro atoms. The zero-order valence-corrected chi connectivity index (χ0v) is 12.0. The fourth-order valence-corrected chi connectivity index (χ4v) is 2.52. The third-order valence-corrected chi connectivity index (χ3v) is 3.65. The Kier molecular flexibility index (Phi) is 3.89. The van der Waals surface area contributed by atoms with E-state index in [9.17, 15) is 4.79 Å². The Bertz CT molecular complexity index is 791. The van der Waals surface area contributed by atoms with Crippen LogP contribution in [0.3, 0.4) is 0 Å². The lowest BCUT2D eigenvalue weighted by atomic mass is 10.1. The van der Waals surface area contributed by atoms with Crippen LogP contribution in [0.15, 0.2) is 60.7 Å². The summed E-state index contributed by atoms with van der Waals surface area (Å²) in [4.78, 5) is 10.7. The van der Waals surface area contributed by atoms with Crippen molar-refractivity contribution >= 4 is 28.7 Å². The molecule has 0 bridgehead atoms. The number of carbonyl (C=O) groups excluding carboxylic acids is 1. The summed E-state index contributed by atoms with van der Waals surface area (Å²) in [6.07, 6.45) is 0.764. The Morgan fingerprint density at radius 1 is 1.00 bits per heavy atom. The maximum absolute atomic E-state index is 10.7. The minimum Gasteiger partial charge on any atom is -0.487 e. The van der Waals surface area contributed by atoms with Gasteiger partial charge in [-0.15, -0.1) is 0 Å². The minimum atomic E-state index is 0.432. The molecule has 0 fully saturated rings. The molecule has 0 aromatic heterocycles. The zero-order chi connectivity index (χ0) is 14.7. The van der Waals surface area contributed by atoms with Gasteiger partial charge in [-0.3, -0.25) is 4.79 Å². The Morgan fingerprint density at radius 2 is 1.81 bits per heavy atom. The predicted molar refractivity (Wildman–Crippen MR) is 85.1 cm³/mol. The van der Waals surface area contributed by atoms with Gasteiger partial charge in [0.2, 0.25) is 0 Å². The van der Waals surface area contributed by atoms with Crippen LogP contribution in [-0.2, 0) is 6.61 Å². The van der Waals surface area contributed by atoms with E-state index in [0.29, 0.717) is 22.9 Å². The van der Waals surface area contributed by atoms with Gasteiger partial charge in [0.1, 0.15) is 18.6 Å². The van der Waals surface area contributed by atoms with E-state index in [-0.39, 0.29) is 0 Å². The first-order valence-corrected chi connectivity index (χ1v) is 7.00. The highest BCUT2D eigenvalue weighted by atomic mass is 35.5. The topological polar surface area (TPSA) is 26.3 Å². The normalized spacial score (nSPS) is 10.5. The van der Waals surface area contributed by atoms with Crippen LogP contribution in [-0.4, -0.2) is 6.29 Å². The molecule has 0 radical (unpaired) electrons. The monoisotopic (exact) mass is 296 g/mol. The predicted octanol–water partition coefficient (Wildman–Crippen LogP) is 4.88. The Labute approximate surface area is 127 Å². The first-order valence-electron chi connectivity index (χ1n) is 6.62. The highest BCUT2D eigenvalue weighted by Crippen LogP contribution is 2.27. The summed E-state index contributed by atoms with van der Waals surface area (Å²) in [5.41, 5.74) is 1.64. The van der Waals surface area contributed by atoms with Gasteiger partial charge in [-0.1, -0.05) is 54.1 Å². The Hall–Kier alpha value is -2.32. The SMILES string of the molecule is O=Cc1ccc(OCc2cccc3ccccc23)c(Cl)c1. The van der Waals surface area contributed by atoms with Gasteiger partial charge >= 0.3 is 0 Å². The van der Waals surface area contributed by atoms with E-state index < -0.39 is 0 Å². The van der Waals surface area contributed by atoms with Gasteiger partial charge in [0.15, 0.2) is 0 Å². The minimum absolute atomic E-state index is 0.432. The third-order valence-electron chi connectivity index (χ3n) is 3.36. The summed E-state index contributed by atoms with van der Waals surface area (Å²) >= 11 is 6.11. The van der Waals surface area contributed by atoms with E-state index in [1.807, 2.05) is 24.3 Å². The van der Waals surface area contributed by atoms with Gasteiger partial charge in [0.25, 0.3) is 0 Å². The van der Waals surface area contributed by atoms with Crippen molar-refractivity contribution in [1.29, 1.82) is 0 Å². The number of ether oxygens (including phenoxy) is 1. The third kappa shape index (κ3) is 2.91. The second-order valence-electron chi connectivity index (χ2n) is 4.73. The molecule has 3 aromatic carbocycles. The lowest BCUT2D eigenvalue weighted by molar-refractivity contribution is 0.112. The van der Waals surface area contributed by atoms with Crippen LogP contribution in [0.25, 0.3) is 10.8 Å².